The fraction of sp³-hybridized carbons (Fsp3) is 0.667. The molecule has 0 bridgehead atoms. The third-order valence-electron chi connectivity index (χ3n) is 5.04. The number of carbonyl (C=O) groups excluding carboxylic acids is 1. The summed E-state index contributed by atoms with van der Waals surface area (Å²) in [5, 5.41) is 10.3. The van der Waals surface area contributed by atoms with Crippen molar-refractivity contribution >= 4 is 17.7 Å². The molecule has 0 radical (unpaired) electrons. The molecule has 26 heavy (non-hydrogen) atoms. The molecule has 1 amide bonds. The van der Waals surface area contributed by atoms with Crippen molar-refractivity contribution in [2.24, 2.45) is 5.92 Å². The number of aliphatic hydroxyl groups is 1. The molecular weight excluding hydrogens is 350 g/mol. The molecule has 0 saturated carbocycles. The minimum atomic E-state index is -0.462. The van der Waals surface area contributed by atoms with Crippen LogP contribution in [0.5, 0.6) is 0 Å². The van der Waals surface area contributed by atoms with E-state index in [4.69, 9.17) is 16.3 Å². The summed E-state index contributed by atoms with van der Waals surface area (Å²) in [7, 11) is 0. The number of hydrogen-bond donors (Lipinski definition) is 1. The van der Waals surface area contributed by atoms with E-state index in [1.165, 1.54) is 11.1 Å². The lowest BCUT2D eigenvalue weighted by molar-refractivity contribution is 0.0204. The molecule has 1 atom stereocenters. The van der Waals surface area contributed by atoms with Crippen LogP contribution in [0.15, 0.2) is 18.2 Å². The molecule has 5 heteroatoms. The van der Waals surface area contributed by atoms with Crippen molar-refractivity contribution < 1.29 is 14.6 Å². The van der Waals surface area contributed by atoms with Crippen molar-refractivity contribution in [1.82, 2.24) is 4.90 Å². The third kappa shape index (κ3) is 5.88. The highest BCUT2D eigenvalue weighted by Crippen LogP contribution is 2.33. The number of likely N-dealkylation sites (tertiary alicyclic amines) is 1. The second kappa shape index (κ2) is 9.09. The summed E-state index contributed by atoms with van der Waals surface area (Å²) in [6.07, 6.45) is 3.40. The highest BCUT2D eigenvalue weighted by molar-refractivity contribution is 6.30. The van der Waals surface area contributed by atoms with Gasteiger partial charge in [0.05, 0.1) is 0 Å². The average molecular weight is 382 g/mol. The van der Waals surface area contributed by atoms with E-state index < -0.39 is 5.60 Å². The molecule has 0 spiro atoms. The predicted octanol–water partition coefficient (Wildman–Crippen LogP) is 5.02. The largest absolute Gasteiger partial charge is 0.444 e. The number of benzene rings is 1. The monoisotopic (exact) mass is 381 g/mol. The molecule has 4 nitrogen and oxygen atoms in total. The standard InChI is InChI=1S/C21H32ClNO3/c1-5-15(14-24)12-17-13-18(22)6-7-19(17)16-8-10-23(11-9-16)20(25)26-21(2,3)4/h6-7,13,15-16,24H,5,8-12,14H2,1-4H3. The van der Waals surface area contributed by atoms with Gasteiger partial charge in [-0.15, -0.1) is 0 Å². The first-order valence-electron chi connectivity index (χ1n) is 9.60. The van der Waals surface area contributed by atoms with Crippen molar-refractivity contribution in [3.05, 3.63) is 34.3 Å². The first-order valence-corrected chi connectivity index (χ1v) is 9.98. The minimum absolute atomic E-state index is 0.194. The summed E-state index contributed by atoms with van der Waals surface area (Å²) in [5.41, 5.74) is 2.08. The lowest BCUT2D eigenvalue weighted by Crippen LogP contribution is -2.41. The van der Waals surface area contributed by atoms with Crippen LogP contribution in [0.4, 0.5) is 4.79 Å². The van der Waals surface area contributed by atoms with Gasteiger partial charge in [-0.25, -0.2) is 4.79 Å². The summed E-state index contributed by atoms with van der Waals surface area (Å²) in [5.74, 6) is 0.672. The normalized spacial score (nSPS) is 17.2. The van der Waals surface area contributed by atoms with Crippen LogP contribution < -0.4 is 0 Å². The van der Waals surface area contributed by atoms with Crippen molar-refractivity contribution in [1.29, 1.82) is 0 Å². The Balaban J connectivity index is 2.06. The number of halogens is 1. The van der Waals surface area contributed by atoms with Crippen LogP contribution in [0.2, 0.25) is 5.02 Å². The van der Waals surface area contributed by atoms with Crippen molar-refractivity contribution in [3.8, 4) is 0 Å². The van der Waals surface area contributed by atoms with Crippen LogP contribution in [-0.2, 0) is 11.2 Å². The molecule has 0 aromatic heterocycles. The van der Waals surface area contributed by atoms with Gasteiger partial charge < -0.3 is 14.7 Å². The Morgan fingerprint density at radius 1 is 1.35 bits per heavy atom. The summed E-state index contributed by atoms with van der Waals surface area (Å²) in [6, 6.07) is 6.10. The van der Waals surface area contributed by atoms with Gasteiger partial charge in [0.1, 0.15) is 5.60 Å². The van der Waals surface area contributed by atoms with E-state index in [2.05, 4.69) is 13.0 Å². The molecule has 1 aromatic rings. The molecule has 1 aliphatic rings. The van der Waals surface area contributed by atoms with Gasteiger partial charge in [-0.3, -0.25) is 0 Å². The molecule has 1 aromatic carbocycles. The molecule has 2 rings (SSSR count). The van der Waals surface area contributed by atoms with E-state index in [0.717, 1.165) is 30.7 Å². The number of rotatable bonds is 5. The number of piperidine rings is 1. The number of aliphatic hydroxyl groups excluding tert-OH is 1. The zero-order valence-electron chi connectivity index (χ0n) is 16.4. The zero-order valence-corrected chi connectivity index (χ0v) is 17.2. The maximum absolute atomic E-state index is 12.3. The van der Waals surface area contributed by atoms with E-state index >= 15 is 0 Å². The summed E-state index contributed by atoms with van der Waals surface area (Å²) >= 11 is 6.22. The summed E-state index contributed by atoms with van der Waals surface area (Å²) in [6.45, 7) is 9.39. The Bertz CT molecular complexity index is 600. The first-order chi connectivity index (χ1) is 12.2. The smallest absolute Gasteiger partial charge is 0.410 e. The second-order valence-electron chi connectivity index (χ2n) is 8.25. The molecule has 1 heterocycles. The van der Waals surface area contributed by atoms with Crippen LogP contribution in [0, 0.1) is 5.92 Å². The van der Waals surface area contributed by atoms with Crippen LogP contribution in [0.3, 0.4) is 0 Å². The van der Waals surface area contributed by atoms with E-state index in [1.807, 2.05) is 32.9 Å². The Morgan fingerprint density at radius 3 is 2.54 bits per heavy atom. The summed E-state index contributed by atoms with van der Waals surface area (Å²) in [4.78, 5) is 14.1. The molecule has 0 aliphatic carbocycles. The molecular formula is C21H32ClNO3. The molecule has 1 N–H and O–H groups in total. The van der Waals surface area contributed by atoms with Crippen LogP contribution in [0.25, 0.3) is 0 Å². The number of ether oxygens (including phenoxy) is 1. The van der Waals surface area contributed by atoms with E-state index in [-0.39, 0.29) is 18.6 Å². The quantitative estimate of drug-likeness (QED) is 0.779. The predicted molar refractivity (Wildman–Crippen MR) is 106 cm³/mol. The second-order valence-corrected chi connectivity index (χ2v) is 8.68. The SMILES string of the molecule is CCC(CO)Cc1cc(Cl)ccc1C1CCN(C(=O)OC(C)(C)C)CC1. The van der Waals surface area contributed by atoms with Crippen molar-refractivity contribution in [2.45, 2.75) is 64.9 Å². The average Bonchev–Trinajstić information content (AvgIpc) is 2.58. The molecule has 146 valence electrons. The Kier molecular flexibility index (Phi) is 7.36. The fourth-order valence-corrected chi connectivity index (χ4v) is 3.69. The van der Waals surface area contributed by atoms with E-state index in [0.29, 0.717) is 19.0 Å². The zero-order chi connectivity index (χ0) is 19.3. The van der Waals surface area contributed by atoms with Crippen LogP contribution in [-0.4, -0.2) is 41.4 Å². The molecule has 1 aliphatic heterocycles. The van der Waals surface area contributed by atoms with E-state index in [1.54, 1.807) is 4.90 Å². The highest BCUT2D eigenvalue weighted by Gasteiger charge is 2.28. The Hall–Kier alpha value is -1.26. The van der Waals surface area contributed by atoms with Gasteiger partial charge in [0.2, 0.25) is 0 Å². The van der Waals surface area contributed by atoms with Gasteiger partial charge in [0.15, 0.2) is 0 Å². The van der Waals surface area contributed by atoms with Gasteiger partial charge in [-0.2, -0.15) is 0 Å². The van der Waals surface area contributed by atoms with Crippen molar-refractivity contribution in [3.63, 3.8) is 0 Å². The molecule has 1 unspecified atom stereocenters. The maximum Gasteiger partial charge on any atom is 0.410 e. The Labute approximate surface area is 162 Å². The van der Waals surface area contributed by atoms with Gasteiger partial charge in [-0.1, -0.05) is 31.0 Å². The minimum Gasteiger partial charge on any atom is -0.444 e. The van der Waals surface area contributed by atoms with Gasteiger partial charge in [-0.05, 0) is 75.1 Å². The third-order valence-corrected chi connectivity index (χ3v) is 5.27. The topological polar surface area (TPSA) is 49.8 Å². The van der Waals surface area contributed by atoms with Gasteiger partial charge in [0, 0.05) is 24.7 Å². The van der Waals surface area contributed by atoms with Crippen LogP contribution >= 0.6 is 11.6 Å². The molecule has 1 saturated heterocycles. The van der Waals surface area contributed by atoms with E-state index in [9.17, 15) is 9.90 Å². The number of amides is 1. The lowest BCUT2D eigenvalue weighted by atomic mass is 9.83. The number of carbonyl (C=O) groups is 1. The first kappa shape index (κ1) is 21.0. The summed E-state index contributed by atoms with van der Waals surface area (Å²) < 4.78 is 5.48. The number of nitrogens with zero attached hydrogens (tertiary/aromatic N) is 1. The molecule has 1 fully saturated rings. The maximum atomic E-state index is 12.3. The van der Waals surface area contributed by atoms with Crippen molar-refractivity contribution in [2.75, 3.05) is 19.7 Å². The number of hydrogen-bond acceptors (Lipinski definition) is 3. The lowest BCUT2D eigenvalue weighted by Gasteiger charge is -2.34. The Morgan fingerprint density at radius 2 is 2.00 bits per heavy atom. The highest BCUT2D eigenvalue weighted by atomic mass is 35.5. The van der Waals surface area contributed by atoms with Gasteiger partial charge >= 0.3 is 6.09 Å². The van der Waals surface area contributed by atoms with Crippen LogP contribution in [0.1, 0.15) is 64.0 Å². The fourth-order valence-electron chi connectivity index (χ4n) is 3.50. The van der Waals surface area contributed by atoms with Gasteiger partial charge in [0.25, 0.3) is 0 Å².